The van der Waals surface area contributed by atoms with E-state index in [0.717, 1.165) is 20.2 Å². The van der Waals surface area contributed by atoms with Gasteiger partial charge in [0, 0.05) is 10.2 Å². The van der Waals surface area contributed by atoms with Crippen LogP contribution in [0.15, 0.2) is 45.3 Å². The second-order valence-electron chi connectivity index (χ2n) is 4.73. The number of hydrogen-bond acceptors (Lipinski definition) is 2. The van der Waals surface area contributed by atoms with Crippen molar-refractivity contribution < 1.29 is 9.53 Å². The van der Waals surface area contributed by atoms with Crippen molar-refractivity contribution in [2.24, 2.45) is 0 Å². The van der Waals surface area contributed by atoms with Crippen LogP contribution < -0.4 is 10.1 Å². The number of ether oxygens (including phenoxy) is 1. The minimum Gasteiger partial charge on any atom is -0.483 e. The van der Waals surface area contributed by atoms with Gasteiger partial charge in [0.2, 0.25) is 0 Å². The molecule has 0 aromatic heterocycles. The van der Waals surface area contributed by atoms with E-state index in [9.17, 15) is 4.79 Å². The van der Waals surface area contributed by atoms with Gasteiger partial charge < -0.3 is 10.1 Å². The van der Waals surface area contributed by atoms with Gasteiger partial charge in [-0.3, -0.25) is 4.79 Å². The first-order valence-electron chi connectivity index (χ1n) is 6.40. The highest BCUT2D eigenvalue weighted by molar-refractivity contribution is 9.11. The van der Waals surface area contributed by atoms with Crippen molar-refractivity contribution in [3.8, 4) is 5.75 Å². The van der Waals surface area contributed by atoms with E-state index in [1.165, 1.54) is 5.56 Å². The quantitative estimate of drug-likeness (QED) is 0.779. The Hall–Kier alpha value is -1.33. The van der Waals surface area contributed by atoms with E-state index in [-0.39, 0.29) is 12.5 Å². The Morgan fingerprint density at radius 1 is 1.14 bits per heavy atom. The first-order valence-corrected chi connectivity index (χ1v) is 7.99. The molecule has 0 spiro atoms. The molecule has 0 bridgehead atoms. The molecule has 0 atom stereocenters. The van der Waals surface area contributed by atoms with Gasteiger partial charge in [0.05, 0.1) is 4.47 Å². The lowest BCUT2D eigenvalue weighted by Gasteiger charge is -2.11. The molecule has 2 aromatic carbocycles. The lowest BCUT2D eigenvalue weighted by molar-refractivity contribution is -0.118. The Balaban J connectivity index is 1.96. The monoisotopic (exact) mass is 411 g/mol. The van der Waals surface area contributed by atoms with Crippen LogP contribution in [0.1, 0.15) is 11.1 Å². The second kappa shape index (κ2) is 7.09. The largest absolute Gasteiger partial charge is 0.483 e. The number of carbonyl (C=O) groups is 1. The molecule has 0 heterocycles. The number of aryl methyl sites for hydroxylation is 2. The Morgan fingerprint density at radius 2 is 1.90 bits per heavy atom. The summed E-state index contributed by atoms with van der Waals surface area (Å²) in [5, 5.41) is 2.85. The maximum Gasteiger partial charge on any atom is 0.262 e. The van der Waals surface area contributed by atoms with E-state index in [0.29, 0.717) is 5.75 Å². The fraction of sp³-hybridized carbons (Fsp3) is 0.188. The summed E-state index contributed by atoms with van der Waals surface area (Å²) in [6.45, 7) is 3.95. The molecule has 21 heavy (non-hydrogen) atoms. The van der Waals surface area contributed by atoms with E-state index in [1.807, 2.05) is 44.2 Å². The highest BCUT2D eigenvalue weighted by Crippen LogP contribution is 2.28. The van der Waals surface area contributed by atoms with Gasteiger partial charge in [-0.25, -0.2) is 0 Å². The van der Waals surface area contributed by atoms with Crippen molar-refractivity contribution in [1.29, 1.82) is 0 Å². The molecule has 3 nitrogen and oxygen atoms in total. The van der Waals surface area contributed by atoms with Crippen LogP contribution >= 0.6 is 31.9 Å². The third-order valence-electron chi connectivity index (χ3n) is 2.91. The molecule has 0 aliphatic rings. The maximum absolute atomic E-state index is 11.9. The van der Waals surface area contributed by atoms with Crippen LogP contribution in [-0.4, -0.2) is 12.5 Å². The van der Waals surface area contributed by atoms with Crippen molar-refractivity contribution >= 4 is 43.5 Å². The van der Waals surface area contributed by atoms with E-state index in [1.54, 1.807) is 6.07 Å². The number of nitrogens with one attached hydrogen (secondary N) is 1. The van der Waals surface area contributed by atoms with Gasteiger partial charge in [-0.15, -0.1) is 0 Å². The summed E-state index contributed by atoms with van der Waals surface area (Å²) >= 11 is 6.77. The van der Waals surface area contributed by atoms with Crippen molar-refractivity contribution in [3.63, 3.8) is 0 Å². The number of amides is 1. The van der Waals surface area contributed by atoms with Gasteiger partial charge in [0.25, 0.3) is 5.91 Å². The molecule has 0 aliphatic heterocycles. The summed E-state index contributed by atoms with van der Waals surface area (Å²) in [6, 6.07) is 11.4. The van der Waals surface area contributed by atoms with Gasteiger partial charge in [-0.1, -0.05) is 33.6 Å². The summed E-state index contributed by atoms with van der Waals surface area (Å²) in [5.41, 5.74) is 3.01. The maximum atomic E-state index is 11.9. The molecule has 2 aromatic rings. The van der Waals surface area contributed by atoms with E-state index >= 15 is 0 Å². The third kappa shape index (κ3) is 4.58. The van der Waals surface area contributed by atoms with Crippen LogP contribution in [0.3, 0.4) is 0 Å². The highest BCUT2D eigenvalue weighted by atomic mass is 79.9. The predicted octanol–water partition coefficient (Wildman–Crippen LogP) is 4.85. The Bertz CT molecular complexity index is 671. The number of anilines is 1. The molecule has 0 aliphatic carbocycles. The normalized spacial score (nSPS) is 10.3. The Labute approximate surface area is 141 Å². The van der Waals surface area contributed by atoms with Crippen LogP contribution in [0.25, 0.3) is 0 Å². The smallest absolute Gasteiger partial charge is 0.262 e. The Morgan fingerprint density at radius 3 is 2.57 bits per heavy atom. The summed E-state index contributed by atoms with van der Waals surface area (Å²) < 4.78 is 7.26. The SMILES string of the molecule is Cc1ccc(NC(=O)COc2ccc(Br)cc2Br)c(C)c1. The fourth-order valence-corrected chi connectivity index (χ4v) is 3.04. The highest BCUT2D eigenvalue weighted by Gasteiger charge is 2.08. The molecule has 0 fully saturated rings. The summed E-state index contributed by atoms with van der Waals surface area (Å²) in [6.07, 6.45) is 0. The molecular weight excluding hydrogens is 398 g/mol. The van der Waals surface area contributed by atoms with Crippen LogP contribution in [0, 0.1) is 13.8 Å². The average Bonchev–Trinajstić information content (AvgIpc) is 2.41. The zero-order chi connectivity index (χ0) is 15.4. The van der Waals surface area contributed by atoms with Gasteiger partial charge in [0.1, 0.15) is 5.75 Å². The minimum atomic E-state index is -0.184. The average molecular weight is 413 g/mol. The second-order valence-corrected chi connectivity index (χ2v) is 6.50. The standard InChI is InChI=1S/C16H15Br2NO2/c1-10-3-5-14(11(2)7-10)19-16(20)9-21-15-6-4-12(17)8-13(15)18/h3-8H,9H2,1-2H3,(H,19,20). The molecule has 0 saturated heterocycles. The van der Waals surface area contributed by atoms with Crippen LogP contribution in [0.5, 0.6) is 5.75 Å². The third-order valence-corrected chi connectivity index (χ3v) is 4.02. The lowest BCUT2D eigenvalue weighted by Crippen LogP contribution is -2.20. The predicted molar refractivity (Wildman–Crippen MR) is 91.9 cm³/mol. The van der Waals surface area contributed by atoms with Crippen LogP contribution in [0.2, 0.25) is 0 Å². The number of halogens is 2. The Kier molecular flexibility index (Phi) is 5.42. The molecule has 0 unspecified atom stereocenters. The molecule has 0 saturated carbocycles. The molecule has 1 N–H and O–H groups in total. The topological polar surface area (TPSA) is 38.3 Å². The van der Waals surface area contributed by atoms with Crippen molar-refractivity contribution in [2.75, 3.05) is 11.9 Å². The zero-order valence-electron chi connectivity index (χ0n) is 11.7. The van der Waals surface area contributed by atoms with Crippen LogP contribution in [-0.2, 0) is 4.79 Å². The van der Waals surface area contributed by atoms with Crippen LogP contribution in [0.4, 0.5) is 5.69 Å². The van der Waals surface area contributed by atoms with Gasteiger partial charge in [-0.05, 0) is 59.6 Å². The molecule has 1 amide bonds. The lowest BCUT2D eigenvalue weighted by atomic mass is 10.1. The molecular formula is C16H15Br2NO2. The van der Waals surface area contributed by atoms with Crippen molar-refractivity contribution in [3.05, 3.63) is 56.5 Å². The van der Waals surface area contributed by atoms with E-state index in [2.05, 4.69) is 37.2 Å². The number of rotatable bonds is 4. The molecule has 5 heteroatoms. The zero-order valence-corrected chi connectivity index (χ0v) is 14.9. The first kappa shape index (κ1) is 16.0. The van der Waals surface area contributed by atoms with Gasteiger partial charge >= 0.3 is 0 Å². The van der Waals surface area contributed by atoms with E-state index < -0.39 is 0 Å². The number of hydrogen-bond donors (Lipinski definition) is 1. The molecule has 2 rings (SSSR count). The number of benzene rings is 2. The minimum absolute atomic E-state index is 0.0342. The summed E-state index contributed by atoms with van der Waals surface area (Å²) in [4.78, 5) is 11.9. The van der Waals surface area contributed by atoms with Gasteiger partial charge in [0.15, 0.2) is 6.61 Å². The summed E-state index contributed by atoms with van der Waals surface area (Å²) in [7, 11) is 0. The van der Waals surface area contributed by atoms with E-state index in [4.69, 9.17) is 4.74 Å². The first-order chi connectivity index (χ1) is 9.95. The van der Waals surface area contributed by atoms with Gasteiger partial charge in [-0.2, -0.15) is 0 Å². The van der Waals surface area contributed by atoms with Crippen molar-refractivity contribution in [1.82, 2.24) is 0 Å². The fourth-order valence-electron chi connectivity index (χ4n) is 1.88. The summed E-state index contributed by atoms with van der Waals surface area (Å²) in [5.74, 6) is 0.450. The molecule has 110 valence electrons. The van der Waals surface area contributed by atoms with Crippen molar-refractivity contribution in [2.45, 2.75) is 13.8 Å². The molecule has 0 radical (unpaired) electrons. The number of carbonyl (C=O) groups excluding carboxylic acids is 1.